The summed E-state index contributed by atoms with van der Waals surface area (Å²) in [4.78, 5) is 39.6. The lowest BCUT2D eigenvalue weighted by atomic mass is 10.1. The molecule has 1 N–H and O–H groups in total. The Hall–Kier alpha value is -3.85. The fourth-order valence-electron chi connectivity index (χ4n) is 3.44. The number of carbonyl (C=O) groups excluding carboxylic acids is 2. The molecule has 0 aliphatic carbocycles. The summed E-state index contributed by atoms with van der Waals surface area (Å²) in [6.07, 6.45) is 0.333. The molecule has 1 atom stereocenters. The fourth-order valence-corrected chi connectivity index (χ4v) is 4.42. The SMILES string of the molecule is CCOC(=O)c1cccc(NC(=O)C(CC)n2nnc3sc(-c4ccccc4)cc3c2=O)c1. The second-order valence-electron chi connectivity index (χ2n) is 7.25. The van der Waals surface area contributed by atoms with Crippen molar-refractivity contribution in [3.8, 4) is 10.4 Å². The number of anilines is 1. The van der Waals surface area contributed by atoms with Crippen LogP contribution in [0.25, 0.3) is 20.7 Å². The Morgan fingerprint density at radius 3 is 2.61 bits per heavy atom. The van der Waals surface area contributed by atoms with Crippen LogP contribution < -0.4 is 10.9 Å². The van der Waals surface area contributed by atoms with Gasteiger partial charge < -0.3 is 10.1 Å². The molecule has 2 aromatic carbocycles. The van der Waals surface area contributed by atoms with Crippen LogP contribution in [0.4, 0.5) is 5.69 Å². The maximum absolute atomic E-state index is 13.2. The lowest BCUT2D eigenvalue weighted by molar-refractivity contribution is -0.119. The smallest absolute Gasteiger partial charge is 0.338 e. The molecule has 0 saturated heterocycles. The van der Waals surface area contributed by atoms with E-state index in [9.17, 15) is 14.4 Å². The van der Waals surface area contributed by atoms with Gasteiger partial charge in [0.2, 0.25) is 5.91 Å². The van der Waals surface area contributed by atoms with Crippen LogP contribution in [-0.2, 0) is 9.53 Å². The Morgan fingerprint density at radius 2 is 1.88 bits per heavy atom. The van der Waals surface area contributed by atoms with Crippen molar-refractivity contribution in [2.24, 2.45) is 0 Å². The number of rotatable bonds is 7. The fraction of sp³-hybridized carbons (Fsp3) is 0.208. The maximum atomic E-state index is 13.2. The molecule has 4 rings (SSSR count). The Kier molecular flexibility index (Phi) is 6.60. The summed E-state index contributed by atoms with van der Waals surface area (Å²) in [6.45, 7) is 3.77. The number of hydrogen-bond acceptors (Lipinski definition) is 7. The third-order valence-electron chi connectivity index (χ3n) is 5.07. The van der Waals surface area contributed by atoms with E-state index in [0.717, 1.165) is 15.1 Å². The van der Waals surface area contributed by atoms with Crippen LogP contribution >= 0.6 is 11.3 Å². The highest BCUT2D eigenvalue weighted by Gasteiger charge is 2.23. The van der Waals surface area contributed by atoms with Crippen LogP contribution in [0.15, 0.2) is 65.5 Å². The van der Waals surface area contributed by atoms with E-state index in [1.807, 2.05) is 30.3 Å². The lowest BCUT2D eigenvalue weighted by Gasteiger charge is -2.16. The average Bonchev–Trinajstić information content (AvgIpc) is 3.27. The Balaban J connectivity index is 1.62. The highest BCUT2D eigenvalue weighted by molar-refractivity contribution is 7.21. The monoisotopic (exact) mass is 462 g/mol. The molecule has 0 spiro atoms. The van der Waals surface area contributed by atoms with Crippen LogP contribution in [0.5, 0.6) is 0 Å². The van der Waals surface area contributed by atoms with Gasteiger partial charge in [-0.3, -0.25) is 9.59 Å². The van der Waals surface area contributed by atoms with E-state index < -0.39 is 17.9 Å². The summed E-state index contributed by atoms with van der Waals surface area (Å²) in [5.74, 6) is -0.896. The molecule has 0 saturated carbocycles. The summed E-state index contributed by atoms with van der Waals surface area (Å²) in [7, 11) is 0. The predicted molar refractivity (Wildman–Crippen MR) is 127 cm³/mol. The minimum atomic E-state index is -0.860. The molecule has 1 unspecified atom stereocenters. The molecular formula is C24H22N4O4S. The summed E-state index contributed by atoms with van der Waals surface area (Å²) in [6, 6.07) is 17.1. The number of fused-ring (bicyclic) bond motifs is 1. The second-order valence-corrected chi connectivity index (χ2v) is 8.28. The van der Waals surface area contributed by atoms with E-state index in [1.165, 1.54) is 17.4 Å². The molecule has 2 heterocycles. The molecule has 8 nitrogen and oxygen atoms in total. The Morgan fingerprint density at radius 1 is 1.09 bits per heavy atom. The number of nitrogens with one attached hydrogen (secondary N) is 1. The van der Waals surface area contributed by atoms with Crippen LogP contribution in [0, 0.1) is 0 Å². The number of nitrogens with zero attached hydrogens (tertiary/aromatic N) is 3. The summed E-state index contributed by atoms with van der Waals surface area (Å²) in [5, 5.41) is 11.4. The molecule has 9 heteroatoms. The lowest BCUT2D eigenvalue weighted by Crippen LogP contribution is -2.35. The molecule has 1 amide bonds. The average molecular weight is 463 g/mol. The van der Waals surface area contributed by atoms with Gasteiger partial charge in [0.15, 0.2) is 4.83 Å². The molecule has 4 aromatic rings. The first-order chi connectivity index (χ1) is 16.0. The maximum Gasteiger partial charge on any atom is 0.338 e. The van der Waals surface area contributed by atoms with Gasteiger partial charge in [-0.05, 0) is 43.2 Å². The van der Waals surface area contributed by atoms with Gasteiger partial charge in [0, 0.05) is 10.6 Å². The number of benzene rings is 2. The predicted octanol–water partition coefficient (Wildman–Crippen LogP) is 4.29. The molecule has 0 bridgehead atoms. The van der Waals surface area contributed by atoms with Crippen molar-refractivity contribution in [2.75, 3.05) is 11.9 Å². The molecule has 168 valence electrons. The van der Waals surface area contributed by atoms with Crippen LogP contribution in [0.2, 0.25) is 0 Å². The van der Waals surface area contributed by atoms with Crippen molar-refractivity contribution in [3.63, 3.8) is 0 Å². The first kappa shape index (κ1) is 22.3. The van der Waals surface area contributed by atoms with Gasteiger partial charge in [0.25, 0.3) is 5.56 Å². The van der Waals surface area contributed by atoms with Crippen molar-refractivity contribution in [1.29, 1.82) is 0 Å². The van der Waals surface area contributed by atoms with E-state index in [4.69, 9.17) is 4.74 Å². The van der Waals surface area contributed by atoms with Gasteiger partial charge in [0.05, 0.1) is 17.6 Å². The van der Waals surface area contributed by atoms with Crippen LogP contribution in [0.1, 0.15) is 36.7 Å². The zero-order valence-electron chi connectivity index (χ0n) is 18.1. The summed E-state index contributed by atoms with van der Waals surface area (Å²) < 4.78 is 6.12. The minimum absolute atomic E-state index is 0.256. The summed E-state index contributed by atoms with van der Waals surface area (Å²) >= 11 is 1.38. The van der Waals surface area contributed by atoms with Crippen molar-refractivity contribution in [1.82, 2.24) is 15.0 Å². The molecule has 0 aliphatic rings. The topological polar surface area (TPSA) is 103 Å². The molecule has 33 heavy (non-hydrogen) atoms. The number of esters is 1. The summed E-state index contributed by atoms with van der Waals surface area (Å²) in [5.41, 5.74) is 1.36. The zero-order chi connectivity index (χ0) is 23.4. The third kappa shape index (κ3) is 4.68. The molecular weight excluding hydrogens is 440 g/mol. The number of ether oxygens (including phenoxy) is 1. The molecule has 0 fully saturated rings. The first-order valence-electron chi connectivity index (χ1n) is 10.5. The number of thiophene rings is 1. The van der Waals surface area contributed by atoms with Crippen molar-refractivity contribution in [3.05, 3.63) is 76.6 Å². The van der Waals surface area contributed by atoms with Crippen molar-refractivity contribution < 1.29 is 14.3 Å². The molecule has 2 aromatic heterocycles. The van der Waals surface area contributed by atoms with Crippen LogP contribution in [0.3, 0.4) is 0 Å². The highest BCUT2D eigenvalue weighted by Crippen LogP contribution is 2.30. The van der Waals surface area contributed by atoms with Gasteiger partial charge in [-0.2, -0.15) is 4.68 Å². The van der Waals surface area contributed by atoms with Gasteiger partial charge in [-0.15, -0.1) is 16.4 Å². The second kappa shape index (κ2) is 9.74. The van der Waals surface area contributed by atoms with E-state index in [2.05, 4.69) is 15.6 Å². The third-order valence-corrected chi connectivity index (χ3v) is 6.14. The number of carbonyl (C=O) groups is 2. The van der Waals surface area contributed by atoms with Gasteiger partial charge in [0.1, 0.15) is 6.04 Å². The van der Waals surface area contributed by atoms with Crippen molar-refractivity contribution >= 4 is 39.1 Å². The first-order valence-corrected chi connectivity index (χ1v) is 11.4. The van der Waals surface area contributed by atoms with Gasteiger partial charge >= 0.3 is 5.97 Å². The molecule has 0 radical (unpaired) electrons. The van der Waals surface area contributed by atoms with E-state index >= 15 is 0 Å². The zero-order valence-corrected chi connectivity index (χ0v) is 19.0. The Bertz CT molecular complexity index is 1360. The van der Waals surface area contributed by atoms with Gasteiger partial charge in [-0.1, -0.05) is 48.5 Å². The van der Waals surface area contributed by atoms with Crippen LogP contribution in [-0.4, -0.2) is 33.5 Å². The van der Waals surface area contributed by atoms with E-state index in [0.29, 0.717) is 27.9 Å². The minimum Gasteiger partial charge on any atom is -0.462 e. The van der Waals surface area contributed by atoms with E-state index in [-0.39, 0.29) is 12.2 Å². The number of amides is 1. The normalized spacial score (nSPS) is 11.8. The molecule has 0 aliphatic heterocycles. The van der Waals surface area contributed by atoms with E-state index in [1.54, 1.807) is 38.1 Å². The standard InChI is InChI=1S/C24H22N4O4S/c1-3-19(21(29)25-17-12-8-11-16(13-17)24(31)32-4-2)28-23(30)18-14-20(33-22(18)26-27-28)15-9-6-5-7-10-15/h5-14,19H,3-4H2,1-2H3,(H,25,29). The number of hydrogen-bond donors (Lipinski definition) is 1. The quantitative estimate of drug-likeness (QED) is 0.411. The largest absolute Gasteiger partial charge is 0.462 e. The van der Waals surface area contributed by atoms with Crippen molar-refractivity contribution in [2.45, 2.75) is 26.3 Å². The highest BCUT2D eigenvalue weighted by atomic mass is 32.1. The van der Waals surface area contributed by atoms with Gasteiger partial charge in [-0.25, -0.2) is 4.79 Å². The Labute approximate surface area is 193 Å². The number of aromatic nitrogens is 3.